The molecule has 1 aromatic heterocycles. The van der Waals surface area contributed by atoms with E-state index >= 15 is 0 Å². The van der Waals surface area contributed by atoms with Crippen molar-refractivity contribution in [3.63, 3.8) is 0 Å². The number of halogens is 4. The van der Waals surface area contributed by atoms with Crippen LogP contribution in [0, 0.1) is 0 Å². The molecule has 0 radical (unpaired) electrons. The first kappa shape index (κ1) is 8.46. The van der Waals surface area contributed by atoms with E-state index < -0.39 is 11.9 Å². The Morgan fingerprint density at radius 2 is 2.00 bits per heavy atom. The number of nitrogens with one attached hydrogen (secondary N) is 1. The average molecular weight is 184 g/mol. The van der Waals surface area contributed by atoms with Crippen LogP contribution in [-0.4, -0.2) is 4.98 Å². The van der Waals surface area contributed by atoms with E-state index in [1.807, 2.05) is 0 Å². The zero-order valence-corrected chi connectivity index (χ0v) is 6.13. The molecule has 0 spiro atoms. The van der Waals surface area contributed by atoms with Crippen molar-refractivity contribution in [3.05, 3.63) is 23.5 Å². The number of hydrogen-bond donors (Lipinski definition) is 1. The molecular weight excluding hydrogens is 179 g/mol. The van der Waals surface area contributed by atoms with Gasteiger partial charge in [-0.2, -0.15) is 13.2 Å². The van der Waals surface area contributed by atoms with Crippen LogP contribution in [0.1, 0.15) is 11.4 Å². The van der Waals surface area contributed by atoms with Crippen molar-refractivity contribution in [2.24, 2.45) is 0 Å². The molecule has 0 aromatic carbocycles. The molecule has 11 heavy (non-hydrogen) atoms. The van der Waals surface area contributed by atoms with Gasteiger partial charge in [-0.25, -0.2) is 0 Å². The molecule has 62 valence electrons. The van der Waals surface area contributed by atoms with Crippen LogP contribution >= 0.6 is 11.6 Å². The van der Waals surface area contributed by atoms with Gasteiger partial charge >= 0.3 is 6.18 Å². The number of H-pyrrole nitrogens is 1. The zero-order chi connectivity index (χ0) is 8.48. The summed E-state index contributed by atoms with van der Waals surface area (Å²) in [7, 11) is 0. The standard InChI is InChI=1S/C6H5ClF3N/c7-3-4-1-2-5(11-4)6(8,9)10/h1-2,11H,3H2. The van der Waals surface area contributed by atoms with Crippen LogP contribution in [0.3, 0.4) is 0 Å². The van der Waals surface area contributed by atoms with Crippen molar-refractivity contribution in [2.75, 3.05) is 0 Å². The van der Waals surface area contributed by atoms with E-state index in [1.54, 1.807) is 0 Å². The van der Waals surface area contributed by atoms with Crippen LogP contribution in [-0.2, 0) is 12.1 Å². The van der Waals surface area contributed by atoms with E-state index in [-0.39, 0.29) is 5.88 Å². The minimum absolute atomic E-state index is 0.0656. The lowest BCUT2D eigenvalue weighted by Gasteiger charge is -2.01. The third kappa shape index (κ3) is 1.89. The zero-order valence-electron chi connectivity index (χ0n) is 5.37. The highest BCUT2D eigenvalue weighted by molar-refractivity contribution is 6.16. The summed E-state index contributed by atoms with van der Waals surface area (Å²) in [4.78, 5) is 2.15. The molecule has 0 aliphatic heterocycles. The molecule has 0 aliphatic rings. The number of aromatic nitrogens is 1. The first-order chi connectivity index (χ1) is 5.04. The van der Waals surface area contributed by atoms with Gasteiger partial charge in [0, 0.05) is 5.69 Å². The van der Waals surface area contributed by atoms with Crippen molar-refractivity contribution < 1.29 is 13.2 Å². The molecule has 0 atom stereocenters. The minimum atomic E-state index is -4.30. The highest BCUT2D eigenvalue weighted by atomic mass is 35.5. The minimum Gasteiger partial charge on any atom is -0.354 e. The summed E-state index contributed by atoms with van der Waals surface area (Å²) in [5.41, 5.74) is -0.382. The van der Waals surface area contributed by atoms with E-state index in [0.29, 0.717) is 5.69 Å². The van der Waals surface area contributed by atoms with Gasteiger partial charge in [0.05, 0.1) is 5.88 Å². The van der Waals surface area contributed by atoms with Gasteiger partial charge < -0.3 is 4.98 Å². The first-order valence-electron chi connectivity index (χ1n) is 2.85. The van der Waals surface area contributed by atoms with Crippen LogP contribution in [0.2, 0.25) is 0 Å². The van der Waals surface area contributed by atoms with Gasteiger partial charge in [-0.3, -0.25) is 0 Å². The molecule has 0 fully saturated rings. The predicted molar refractivity (Wildman–Crippen MR) is 35.4 cm³/mol. The Bertz CT molecular complexity index is 240. The molecule has 0 unspecified atom stereocenters. The molecule has 0 saturated heterocycles. The smallest absolute Gasteiger partial charge is 0.354 e. The summed E-state index contributed by atoms with van der Waals surface area (Å²) in [6, 6.07) is 2.29. The van der Waals surface area contributed by atoms with E-state index in [1.165, 1.54) is 6.07 Å². The highest BCUT2D eigenvalue weighted by Crippen LogP contribution is 2.28. The van der Waals surface area contributed by atoms with E-state index in [2.05, 4.69) is 4.98 Å². The van der Waals surface area contributed by atoms with Crippen LogP contribution in [0.4, 0.5) is 13.2 Å². The predicted octanol–water partition coefficient (Wildman–Crippen LogP) is 2.77. The number of rotatable bonds is 1. The van der Waals surface area contributed by atoms with Gasteiger partial charge in [0.25, 0.3) is 0 Å². The fourth-order valence-electron chi connectivity index (χ4n) is 0.684. The summed E-state index contributed by atoms with van der Waals surface area (Å²) >= 11 is 5.29. The first-order valence-corrected chi connectivity index (χ1v) is 3.38. The third-order valence-corrected chi connectivity index (χ3v) is 1.48. The molecule has 1 nitrogen and oxygen atoms in total. The SMILES string of the molecule is FC(F)(F)c1ccc(CCl)[nH]1. The quantitative estimate of drug-likeness (QED) is 0.645. The third-order valence-electron chi connectivity index (χ3n) is 1.20. The number of alkyl halides is 4. The summed E-state index contributed by atoms with van der Waals surface area (Å²) < 4.78 is 35.6. The maximum absolute atomic E-state index is 11.9. The van der Waals surface area contributed by atoms with Crippen molar-refractivity contribution in [1.82, 2.24) is 4.98 Å². The molecule has 0 amide bonds. The second kappa shape index (κ2) is 2.77. The molecule has 0 aliphatic carbocycles. The van der Waals surface area contributed by atoms with Crippen molar-refractivity contribution in [1.29, 1.82) is 0 Å². The van der Waals surface area contributed by atoms with Crippen molar-refractivity contribution in [2.45, 2.75) is 12.1 Å². The van der Waals surface area contributed by atoms with Crippen molar-refractivity contribution >= 4 is 11.6 Å². The lowest BCUT2D eigenvalue weighted by atomic mass is 10.4. The maximum Gasteiger partial charge on any atom is 0.431 e. The second-order valence-corrected chi connectivity index (χ2v) is 2.30. The van der Waals surface area contributed by atoms with Crippen LogP contribution in [0.15, 0.2) is 12.1 Å². The van der Waals surface area contributed by atoms with Gasteiger partial charge in [0.2, 0.25) is 0 Å². The van der Waals surface area contributed by atoms with Gasteiger partial charge in [-0.15, -0.1) is 11.6 Å². The lowest BCUT2D eigenvalue weighted by Crippen LogP contribution is -2.04. The Labute approximate surface area is 66.2 Å². The Balaban J connectivity index is 2.89. The van der Waals surface area contributed by atoms with Gasteiger partial charge in [-0.05, 0) is 12.1 Å². The Morgan fingerprint density at radius 3 is 2.27 bits per heavy atom. The van der Waals surface area contributed by atoms with E-state index in [0.717, 1.165) is 6.07 Å². The fraction of sp³-hybridized carbons (Fsp3) is 0.333. The topological polar surface area (TPSA) is 15.8 Å². The highest BCUT2D eigenvalue weighted by Gasteiger charge is 2.31. The maximum atomic E-state index is 11.9. The molecule has 0 bridgehead atoms. The summed E-state index contributed by atoms with van der Waals surface area (Å²) in [5, 5.41) is 0. The molecule has 1 rings (SSSR count). The molecule has 1 aromatic rings. The normalized spacial score (nSPS) is 12.0. The fourth-order valence-corrected chi connectivity index (χ4v) is 0.839. The van der Waals surface area contributed by atoms with Crippen LogP contribution in [0.5, 0.6) is 0 Å². The summed E-state index contributed by atoms with van der Waals surface area (Å²) in [6.07, 6.45) is -4.30. The molecular formula is C6H5ClF3N. The molecule has 1 heterocycles. The van der Waals surface area contributed by atoms with Gasteiger partial charge in [-0.1, -0.05) is 0 Å². The lowest BCUT2D eigenvalue weighted by molar-refractivity contribution is -0.140. The summed E-state index contributed by atoms with van der Waals surface area (Å²) in [6.45, 7) is 0. The Kier molecular flexibility index (Phi) is 2.13. The Morgan fingerprint density at radius 1 is 1.36 bits per heavy atom. The van der Waals surface area contributed by atoms with Crippen LogP contribution < -0.4 is 0 Å². The van der Waals surface area contributed by atoms with Crippen LogP contribution in [0.25, 0.3) is 0 Å². The van der Waals surface area contributed by atoms with E-state index in [9.17, 15) is 13.2 Å². The average Bonchev–Trinajstić information content (AvgIpc) is 2.32. The number of aromatic amines is 1. The second-order valence-electron chi connectivity index (χ2n) is 2.03. The number of hydrogen-bond acceptors (Lipinski definition) is 0. The largest absolute Gasteiger partial charge is 0.431 e. The van der Waals surface area contributed by atoms with Gasteiger partial charge in [0.1, 0.15) is 5.69 Å². The molecule has 0 saturated carbocycles. The van der Waals surface area contributed by atoms with E-state index in [4.69, 9.17) is 11.6 Å². The summed E-state index contributed by atoms with van der Waals surface area (Å²) in [5.74, 6) is 0.0656. The monoisotopic (exact) mass is 183 g/mol. The van der Waals surface area contributed by atoms with Gasteiger partial charge in [0.15, 0.2) is 0 Å². The molecule has 1 N–H and O–H groups in total. The molecule has 5 heteroatoms. The Hall–Kier alpha value is -0.640. The van der Waals surface area contributed by atoms with Crippen molar-refractivity contribution in [3.8, 4) is 0 Å².